The van der Waals surface area contributed by atoms with Gasteiger partial charge in [-0.3, -0.25) is 5.10 Å². The summed E-state index contributed by atoms with van der Waals surface area (Å²) >= 11 is 0. The van der Waals surface area contributed by atoms with Crippen molar-refractivity contribution in [2.75, 3.05) is 0 Å². The topological polar surface area (TPSA) is 73.8 Å². The van der Waals surface area contributed by atoms with Gasteiger partial charge in [-0.1, -0.05) is 11.3 Å². The highest BCUT2D eigenvalue weighted by atomic mass is 16.5. The lowest BCUT2D eigenvalue weighted by atomic mass is 10.2. The van der Waals surface area contributed by atoms with Crippen molar-refractivity contribution in [2.45, 2.75) is 6.54 Å². The van der Waals surface area contributed by atoms with Crippen molar-refractivity contribution in [3.63, 3.8) is 0 Å². The van der Waals surface area contributed by atoms with Crippen LogP contribution in [0.2, 0.25) is 0 Å². The van der Waals surface area contributed by atoms with E-state index in [1.807, 2.05) is 18.2 Å². The first-order chi connectivity index (χ1) is 5.90. The molecular weight excluding hydrogens is 156 g/mol. The number of nitrogens with one attached hydrogen (secondary N) is 2. The molecule has 0 spiro atoms. The number of H-pyrrole nitrogens is 1. The molecule has 62 valence electrons. The van der Waals surface area contributed by atoms with Gasteiger partial charge in [0.1, 0.15) is 5.52 Å². The molecule has 0 aliphatic rings. The fraction of sp³-hybridized carbons (Fsp3) is 0.143. The largest absolute Gasteiger partial charge is 0.316 e. The maximum absolute atomic E-state index is 8.45. The molecule has 3 N–H and O–H groups in total. The quantitative estimate of drug-likeness (QED) is 0.563. The van der Waals surface area contributed by atoms with Crippen LogP contribution < -0.4 is 5.48 Å². The normalized spacial score (nSPS) is 10.8. The fourth-order valence-corrected chi connectivity index (χ4v) is 1.09. The van der Waals surface area contributed by atoms with Crippen LogP contribution in [0.15, 0.2) is 18.2 Å². The molecule has 0 saturated heterocycles. The van der Waals surface area contributed by atoms with Gasteiger partial charge >= 0.3 is 0 Å². The second-order valence-corrected chi connectivity index (χ2v) is 2.50. The van der Waals surface area contributed by atoms with Gasteiger partial charge in [-0.2, -0.15) is 0 Å². The molecule has 0 aliphatic carbocycles. The number of hydrogen-bond donors (Lipinski definition) is 3. The van der Waals surface area contributed by atoms with E-state index in [-0.39, 0.29) is 0 Å². The molecule has 5 heteroatoms. The molecule has 0 unspecified atom stereocenters. The van der Waals surface area contributed by atoms with Crippen LogP contribution in [-0.4, -0.2) is 20.6 Å². The SMILES string of the molecule is ONCc1ccc2[nH]nnc2c1. The summed E-state index contributed by atoms with van der Waals surface area (Å²) in [6, 6.07) is 5.63. The summed E-state index contributed by atoms with van der Waals surface area (Å²) in [5.74, 6) is 0. The minimum atomic E-state index is 0.419. The zero-order chi connectivity index (χ0) is 8.39. The number of hydroxylamine groups is 1. The number of fused-ring (bicyclic) bond motifs is 1. The van der Waals surface area contributed by atoms with Crippen LogP contribution in [0.5, 0.6) is 0 Å². The molecule has 0 amide bonds. The van der Waals surface area contributed by atoms with E-state index in [1.54, 1.807) is 0 Å². The number of nitrogens with zero attached hydrogens (tertiary/aromatic N) is 2. The van der Waals surface area contributed by atoms with Gasteiger partial charge in [-0.25, -0.2) is 5.48 Å². The minimum absolute atomic E-state index is 0.419. The summed E-state index contributed by atoms with van der Waals surface area (Å²) in [5.41, 5.74) is 4.76. The maximum atomic E-state index is 8.45. The van der Waals surface area contributed by atoms with Crippen molar-refractivity contribution >= 4 is 11.0 Å². The molecule has 0 atom stereocenters. The van der Waals surface area contributed by atoms with Gasteiger partial charge in [-0.15, -0.1) is 5.10 Å². The molecular formula is C7H8N4O. The van der Waals surface area contributed by atoms with E-state index in [4.69, 9.17) is 5.21 Å². The zero-order valence-corrected chi connectivity index (χ0v) is 6.28. The van der Waals surface area contributed by atoms with Crippen LogP contribution in [0.25, 0.3) is 11.0 Å². The highest BCUT2D eigenvalue weighted by molar-refractivity contribution is 5.73. The van der Waals surface area contributed by atoms with Gasteiger partial charge in [0, 0.05) is 6.54 Å². The highest BCUT2D eigenvalue weighted by Gasteiger charge is 1.97. The van der Waals surface area contributed by atoms with Crippen molar-refractivity contribution in [1.29, 1.82) is 0 Å². The summed E-state index contributed by atoms with van der Waals surface area (Å²) in [4.78, 5) is 0. The first-order valence-corrected chi connectivity index (χ1v) is 3.57. The average Bonchev–Trinajstić information content (AvgIpc) is 2.51. The average molecular weight is 164 g/mol. The Morgan fingerprint density at radius 2 is 2.42 bits per heavy atom. The molecule has 1 aromatic heterocycles. The van der Waals surface area contributed by atoms with Gasteiger partial charge in [0.25, 0.3) is 0 Å². The van der Waals surface area contributed by atoms with Crippen molar-refractivity contribution < 1.29 is 5.21 Å². The first kappa shape index (κ1) is 7.20. The lowest BCUT2D eigenvalue weighted by Gasteiger charge is -1.96. The standard InChI is InChI=1S/C7H8N4O/c12-8-4-5-1-2-6-7(3-5)10-11-9-6/h1-3,8,12H,4H2,(H,9,10,11). The van der Waals surface area contributed by atoms with Crippen molar-refractivity contribution in [1.82, 2.24) is 20.9 Å². The molecule has 2 rings (SSSR count). The van der Waals surface area contributed by atoms with Gasteiger partial charge < -0.3 is 5.21 Å². The van der Waals surface area contributed by atoms with Crippen LogP contribution in [0.1, 0.15) is 5.56 Å². The van der Waals surface area contributed by atoms with Gasteiger partial charge in [0.15, 0.2) is 0 Å². The smallest absolute Gasteiger partial charge is 0.113 e. The fourth-order valence-electron chi connectivity index (χ4n) is 1.09. The number of hydrogen-bond acceptors (Lipinski definition) is 4. The van der Waals surface area contributed by atoms with E-state index < -0.39 is 0 Å². The van der Waals surface area contributed by atoms with E-state index in [0.717, 1.165) is 16.6 Å². The summed E-state index contributed by atoms with van der Waals surface area (Å²) in [6.07, 6.45) is 0. The molecule has 1 aromatic carbocycles. The molecule has 0 radical (unpaired) electrons. The Morgan fingerprint density at radius 3 is 3.25 bits per heavy atom. The van der Waals surface area contributed by atoms with Crippen LogP contribution in [0.4, 0.5) is 0 Å². The summed E-state index contributed by atoms with van der Waals surface area (Å²) in [5, 5.41) is 18.7. The second kappa shape index (κ2) is 2.88. The maximum Gasteiger partial charge on any atom is 0.113 e. The van der Waals surface area contributed by atoms with Gasteiger partial charge in [0.2, 0.25) is 0 Å². The number of benzene rings is 1. The monoisotopic (exact) mass is 164 g/mol. The Hall–Kier alpha value is -1.46. The van der Waals surface area contributed by atoms with Crippen LogP contribution in [0, 0.1) is 0 Å². The number of aromatic nitrogens is 3. The van der Waals surface area contributed by atoms with Crippen molar-refractivity contribution in [3.05, 3.63) is 23.8 Å². The third-order valence-corrected chi connectivity index (χ3v) is 1.67. The van der Waals surface area contributed by atoms with Crippen LogP contribution in [-0.2, 0) is 6.54 Å². The summed E-state index contributed by atoms with van der Waals surface area (Å²) in [6.45, 7) is 0.419. The Bertz CT molecular complexity index is 384. The lowest BCUT2D eigenvalue weighted by molar-refractivity contribution is 0.161. The Morgan fingerprint density at radius 1 is 1.50 bits per heavy atom. The van der Waals surface area contributed by atoms with Crippen LogP contribution in [0.3, 0.4) is 0 Å². The molecule has 0 aliphatic heterocycles. The molecule has 2 aromatic rings. The van der Waals surface area contributed by atoms with Gasteiger partial charge in [0.05, 0.1) is 5.52 Å². The predicted molar refractivity (Wildman–Crippen MR) is 42.5 cm³/mol. The number of aromatic amines is 1. The lowest BCUT2D eigenvalue weighted by Crippen LogP contribution is -2.05. The zero-order valence-electron chi connectivity index (χ0n) is 6.28. The molecule has 0 bridgehead atoms. The molecule has 0 saturated carbocycles. The molecule has 12 heavy (non-hydrogen) atoms. The molecule has 1 heterocycles. The van der Waals surface area contributed by atoms with E-state index >= 15 is 0 Å². The van der Waals surface area contributed by atoms with E-state index in [9.17, 15) is 0 Å². The third-order valence-electron chi connectivity index (χ3n) is 1.67. The summed E-state index contributed by atoms with van der Waals surface area (Å²) in [7, 11) is 0. The van der Waals surface area contributed by atoms with E-state index in [1.165, 1.54) is 0 Å². The highest BCUT2D eigenvalue weighted by Crippen LogP contribution is 2.09. The first-order valence-electron chi connectivity index (χ1n) is 3.57. The Kier molecular flexibility index (Phi) is 1.73. The van der Waals surface area contributed by atoms with E-state index in [0.29, 0.717) is 6.54 Å². The predicted octanol–water partition coefficient (Wildman–Crippen LogP) is 0.437. The van der Waals surface area contributed by atoms with Gasteiger partial charge in [-0.05, 0) is 17.7 Å². The minimum Gasteiger partial charge on any atom is -0.316 e. The molecule has 0 fully saturated rings. The number of rotatable bonds is 2. The van der Waals surface area contributed by atoms with Crippen molar-refractivity contribution in [2.24, 2.45) is 0 Å². The third kappa shape index (κ3) is 1.15. The van der Waals surface area contributed by atoms with Crippen LogP contribution >= 0.6 is 0 Å². The second-order valence-electron chi connectivity index (χ2n) is 2.50. The summed E-state index contributed by atoms with van der Waals surface area (Å²) < 4.78 is 0. The van der Waals surface area contributed by atoms with E-state index in [2.05, 4.69) is 20.9 Å². The molecule has 5 nitrogen and oxygen atoms in total. The Balaban J connectivity index is 2.46. The van der Waals surface area contributed by atoms with Crippen molar-refractivity contribution in [3.8, 4) is 0 Å². The Labute approximate surface area is 68.4 Å².